The van der Waals surface area contributed by atoms with Crippen molar-refractivity contribution in [2.45, 2.75) is 38.3 Å². The Hall–Kier alpha value is -2.86. The molecule has 3 aromatic rings. The van der Waals surface area contributed by atoms with Crippen LogP contribution in [-0.4, -0.2) is 28.4 Å². The van der Waals surface area contributed by atoms with Crippen molar-refractivity contribution in [2.24, 2.45) is 0 Å². The van der Waals surface area contributed by atoms with Crippen LogP contribution in [0.5, 0.6) is 11.5 Å². The number of hydrogen-bond acceptors (Lipinski definition) is 6. The number of likely N-dealkylation sites (tertiary alicyclic amines) is 1. The van der Waals surface area contributed by atoms with Crippen molar-refractivity contribution in [1.82, 2.24) is 15.0 Å². The average molecular weight is 377 g/mol. The molecule has 0 saturated carbocycles. The van der Waals surface area contributed by atoms with Gasteiger partial charge in [-0.05, 0) is 49.2 Å². The lowest BCUT2D eigenvalue weighted by molar-refractivity contribution is 0.174. The molecule has 4 heterocycles. The molecule has 0 unspecified atom stereocenters. The van der Waals surface area contributed by atoms with Crippen LogP contribution in [0.1, 0.15) is 43.0 Å². The van der Waals surface area contributed by atoms with Gasteiger partial charge < -0.3 is 14.0 Å². The van der Waals surface area contributed by atoms with Crippen LogP contribution in [0.2, 0.25) is 0 Å². The smallest absolute Gasteiger partial charge is 0.231 e. The molecule has 0 aliphatic carbocycles. The molecule has 0 spiro atoms. The molecule has 5 rings (SSSR count). The zero-order valence-corrected chi connectivity index (χ0v) is 15.7. The molecule has 144 valence electrons. The van der Waals surface area contributed by atoms with E-state index >= 15 is 0 Å². The highest BCUT2D eigenvalue weighted by molar-refractivity contribution is 5.63. The van der Waals surface area contributed by atoms with Gasteiger partial charge in [-0.2, -0.15) is 0 Å². The van der Waals surface area contributed by atoms with Crippen molar-refractivity contribution in [3.63, 3.8) is 0 Å². The van der Waals surface area contributed by atoms with Crippen LogP contribution < -0.4 is 9.47 Å². The van der Waals surface area contributed by atoms with Crippen molar-refractivity contribution in [1.29, 1.82) is 0 Å². The minimum atomic E-state index is 0.259. The number of ether oxygens (including phenoxy) is 2. The third kappa shape index (κ3) is 3.47. The first-order chi connectivity index (χ1) is 13.9. The van der Waals surface area contributed by atoms with Gasteiger partial charge in [0.05, 0.1) is 6.04 Å². The summed E-state index contributed by atoms with van der Waals surface area (Å²) in [6, 6.07) is 12.3. The van der Waals surface area contributed by atoms with Gasteiger partial charge in [-0.25, -0.2) is 0 Å². The second-order valence-electron chi connectivity index (χ2n) is 7.38. The van der Waals surface area contributed by atoms with Gasteiger partial charge in [-0.1, -0.05) is 24.1 Å². The largest absolute Gasteiger partial charge is 0.454 e. The summed E-state index contributed by atoms with van der Waals surface area (Å²) in [4.78, 5) is 6.77. The number of rotatable bonds is 4. The number of nitrogens with zero attached hydrogens (tertiary/aromatic N) is 3. The topological polar surface area (TPSA) is 60.6 Å². The first-order valence-electron chi connectivity index (χ1n) is 9.86. The summed E-state index contributed by atoms with van der Waals surface area (Å²) in [5.74, 6) is 2.29. The Morgan fingerprint density at radius 3 is 2.93 bits per heavy atom. The Morgan fingerprint density at radius 1 is 1.04 bits per heavy atom. The van der Waals surface area contributed by atoms with Crippen LogP contribution >= 0.6 is 0 Å². The first-order valence-corrected chi connectivity index (χ1v) is 9.86. The van der Waals surface area contributed by atoms with Gasteiger partial charge in [0.25, 0.3) is 0 Å². The summed E-state index contributed by atoms with van der Waals surface area (Å²) in [6.07, 6.45) is 8.53. The van der Waals surface area contributed by atoms with E-state index in [-0.39, 0.29) is 12.8 Å². The average Bonchev–Trinajstić information content (AvgIpc) is 3.35. The number of hydrogen-bond donors (Lipinski definition) is 0. The lowest BCUT2D eigenvalue weighted by Crippen LogP contribution is -2.28. The standard InChI is InChI=1S/C22H23N3O3/c1-2-6-19(25(10-3-1)14-16-5-4-9-23-13-16)18-12-21(28-24-18)17-7-8-20-22(11-17)27-15-26-20/h4-5,7-9,11-13,19H,1-3,6,10,14-15H2/t19-/m1/s1. The molecule has 1 saturated heterocycles. The molecule has 6 heteroatoms. The van der Waals surface area contributed by atoms with Crippen LogP contribution in [0.15, 0.2) is 53.3 Å². The van der Waals surface area contributed by atoms with Gasteiger partial charge in [0, 0.05) is 30.6 Å². The highest BCUT2D eigenvalue weighted by atomic mass is 16.7. The second-order valence-corrected chi connectivity index (χ2v) is 7.38. The Morgan fingerprint density at radius 2 is 2.00 bits per heavy atom. The van der Waals surface area contributed by atoms with Crippen molar-refractivity contribution < 1.29 is 14.0 Å². The molecule has 0 amide bonds. The molecule has 1 aromatic carbocycles. The lowest BCUT2D eigenvalue weighted by atomic mass is 10.0. The van der Waals surface area contributed by atoms with E-state index in [1.54, 1.807) is 0 Å². The number of pyridine rings is 1. The van der Waals surface area contributed by atoms with Gasteiger partial charge >= 0.3 is 0 Å². The van der Waals surface area contributed by atoms with Crippen LogP contribution in [0, 0.1) is 0 Å². The van der Waals surface area contributed by atoms with Crippen LogP contribution in [-0.2, 0) is 6.54 Å². The molecule has 1 atom stereocenters. The van der Waals surface area contributed by atoms with Crippen LogP contribution in [0.4, 0.5) is 0 Å². The predicted molar refractivity (Wildman–Crippen MR) is 104 cm³/mol. The normalized spacial score (nSPS) is 19.5. The van der Waals surface area contributed by atoms with E-state index in [0.29, 0.717) is 0 Å². The summed E-state index contributed by atoms with van der Waals surface area (Å²) in [7, 11) is 0. The van der Waals surface area contributed by atoms with E-state index in [1.807, 2.05) is 36.7 Å². The minimum absolute atomic E-state index is 0.259. The highest BCUT2D eigenvalue weighted by Gasteiger charge is 2.26. The van der Waals surface area contributed by atoms with Gasteiger partial charge in [0.2, 0.25) is 6.79 Å². The van der Waals surface area contributed by atoms with E-state index in [4.69, 9.17) is 14.0 Å². The van der Waals surface area contributed by atoms with Gasteiger partial charge in [0.1, 0.15) is 5.69 Å². The summed E-state index contributed by atoms with van der Waals surface area (Å²) in [5, 5.41) is 4.44. The van der Waals surface area contributed by atoms with E-state index in [1.165, 1.54) is 24.8 Å². The molecule has 0 N–H and O–H groups in total. The van der Waals surface area contributed by atoms with Crippen LogP contribution in [0.25, 0.3) is 11.3 Å². The van der Waals surface area contributed by atoms with Gasteiger partial charge in [0.15, 0.2) is 17.3 Å². The molecule has 2 aliphatic heterocycles. The fraction of sp³-hybridized carbons (Fsp3) is 0.364. The molecular weight excluding hydrogens is 354 g/mol. The third-order valence-electron chi connectivity index (χ3n) is 5.50. The molecule has 0 bridgehead atoms. The minimum Gasteiger partial charge on any atom is -0.454 e. The third-order valence-corrected chi connectivity index (χ3v) is 5.50. The Balaban J connectivity index is 1.40. The molecule has 2 aromatic heterocycles. The molecule has 6 nitrogen and oxygen atoms in total. The van der Waals surface area contributed by atoms with Crippen molar-refractivity contribution in [3.8, 4) is 22.8 Å². The van der Waals surface area contributed by atoms with Crippen molar-refractivity contribution in [3.05, 3.63) is 60.0 Å². The SMILES string of the molecule is c1cncc(CN2CCCCC[C@@H]2c2cc(-c3ccc4c(c3)OCO4)on2)c1. The monoisotopic (exact) mass is 377 g/mol. The Kier molecular flexibility index (Phi) is 4.71. The molecule has 2 aliphatic rings. The zero-order chi connectivity index (χ0) is 18.8. The van der Waals surface area contributed by atoms with Gasteiger partial charge in [-0.15, -0.1) is 0 Å². The van der Waals surface area contributed by atoms with Crippen molar-refractivity contribution in [2.75, 3.05) is 13.3 Å². The van der Waals surface area contributed by atoms with E-state index in [0.717, 1.165) is 48.0 Å². The summed E-state index contributed by atoms with van der Waals surface area (Å²) < 4.78 is 16.6. The van der Waals surface area contributed by atoms with Crippen LogP contribution in [0.3, 0.4) is 0 Å². The van der Waals surface area contributed by atoms with E-state index < -0.39 is 0 Å². The highest BCUT2D eigenvalue weighted by Crippen LogP contribution is 2.37. The zero-order valence-electron chi connectivity index (χ0n) is 15.7. The molecule has 28 heavy (non-hydrogen) atoms. The van der Waals surface area contributed by atoms with E-state index in [2.05, 4.69) is 27.2 Å². The maximum absolute atomic E-state index is 5.72. The number of benzene rings is 1. The summed E-state index contributed by atoms with van der Waals surface area (Å²) in [5.41, 5.74) is 3.18. The summed E-state index contributed by atoms with van der Waals surface area (Å²) in [6.45, 7) is 2.21. The van der Waals surface area contributed by atoms with E-state index in [9.17, 15) is 0 Å². The molecule has 0 radical (unpaired) electrons. The molecular formula is C22H23N3O3. The Labute approximate surface area is 164 Å². The second kappa shape index (κ2) is 7.64. The molecule has 1 fully saturated rings. The predicted octanol–water partition coefficient (Wildman–Crippen LogP) is 4.58. The maximum atomic E-state index is 5.72. The lowest BCUT2D eigenvalue weighted by Gasteiger charge is -2.28. The number of fused-ring (bicyclic) bond motifs is 1. The Bertz CT molecular complexity index is 941. The summed E-state index contributed by atoms with van der Waals surface area (Å²) >= 11 is 0. The quantitative estimate of drug-likeness (QED) is 0.663. The fourth-order valence-electron chi connectivity index (χ4n) is 4.05. The fourth-order valence-corrected chi connectivity index (χ4v) is 4.05. The first kappa shape index (κ1) is 17.3. The van der Waals surface area contributed by atoms with Gasteiger partial charge in [-0.3, -0.25) is 9.88 Å². The maximum Gasteiger partial charge on any atom is 0.231 e. The van der Waals surface area contributed by atoms with Crippen molar-refractivity contribution >= 4 is 0 Å². The number of aromatic nitrogens is 2.